The zero-order valence-electron chi connectivity index (χ0n) is 11.4. The molecule has 0 saturated carbocycles. The van der Waals surface area contributed by atoms with Gasteiger partial charge in [-0.3, -0.25) is 14.3 Å². The molecule has 1 aliphatic rings. The monoisotopic (exact) mass is 313 g/mol. The summed E-state index contributed by atoms with van der Waals surface area (Å²) >= 11 is 0. The lowest BCUT2D eigenvalue weighted by Gasteiger charge is -2.14. The van der Waals surface area contributed by atoms with E-state index in [2.05, 4.69) is 0 Å². The van der Waals surface area contributed by atoms with E-state index in [-0.39, 0.29) is 28.2 Å². The fraction of sp³-hybridized carbons (Fsp3) is 0.462. The lowest BCUT2D eigenvalue weighted by molar-refractivity contribution is -0.385. The minimum Gasteiger partial charge on any atom is -0.477 e. The maximum absolute atomic E-state index is 12.3. The highest BCUT2D eigenvalue weighted by Gasteiger charge is 2.31. The third kappa shape index (κ3) is 3.27. The largest absolute Gasteiger partial charge is 0.477 e. The van der Waals surface area contributed by atoms with E-state index in [1.807, 2.05) is 6.92 Å². The molecule has 8 heteroatoms. The highest BCUT2D eigenvalue weighted by Crippen LogP contribution is 2.26. The van der Waals surface area contributed by atoms with Crippen LogP contribution in [0.15, 0.2) is 18.2 Å². The van der Waals surface area contributed by atoms with Crippen LogP contribution >= 0.6 is 0 Å². The van der Waals surface area contributed by atoms with Crippen molar-refractivity contribution in [1.82, 2.24) is 0 Å². The summed E-state index contributed by atoms with van der Waals surface area (Å²) in [5.74, 6) is -1.41. The SMILES string of the molecule is CC1OCCC1S(=O)Cc1cccc([N+](=O)[O-])c1C(=O)O. The van der Waals surface area contributed by atoms with Crippen molar-refractivity contribution in [1.29, 1.82) is 0 Å². The Morgan fingerprint density at radius 1 is 1.57 bits per heavy atom. The molecule has 0 spiro atoms. The molecule has 0 aromatic heterocycles. The van der Waals surface area contributed by atoms with Crippen molar-refractivity contribution in [2.75, 3.05) is 6.61 Å². The highest BCUT2D eigenvalue weighted by molar-refractivity contribution is 7.84. The van der Waals surface area contributed by atoms with E-state index in [9.17, 15) is 24.2 Å². The van der Waals surface area contributed by atoms with Crippen LogP contribution < -0.4 is 0 Å². The first-order valence-corrected chi connectivity index (χ1v) is 7.78. The van der Waals surface area contributed by atoms with Gasteiger partial charge in [-0.2, -0.15) is 0 Å². The number of rotatable bonds is 5. The number of nitro benzene ring substituents is 1. The van der Waals surface area contributed by atoms with Crippen molar-refractivity contribution in [2.24, 2.45) is 0 Å². The number of carbonyl (C=O) groups is 1. The number of ether oxygens (including phenoxy) is 1. The normalized spacial score (nSPS) is 22.9. The third-order valence-corrected chi connectivity index (χ3v) is 5.37. The average molecular weight is 313 g/mol. The van der Waals surface area contributed by atoms with Crippen LogP contribution in [0.3, 0.4) is 0 Å². The van der Waals surface area contributed by atoms with Crippen LogP contribution in [0.4, 0.5) is 5.69 Å². The molecule has 3 atom stereocenters. The van der Waals surface area contributed by atoms with Crippen LogP contribution in [-0.2, 0) is 21.3 Å². The molecular weight excluding hydrogens is 298 g/mol. The Bertz CT molecular complexity index is 602. The van der Waals surface area contributed by atoms with Gasteiger partial charge in [0.05, 0.1) is 22.0 Å². The molecule has 2 rings (SSSR count). The Labute approximate surface area is 123 Å². The lowest BCUT2D eigenvalue weighted by Crippen LogP contribution is -2.24. The Morgan fingerprint density at radius 2 is 2.29 bits per heavy atom. The van der Waals surface area contributed by atoms with Crippen LogP contribution in [-0.4, -0.2) is 38.2 Å². The van der Waals surface area contributed by atoms with Crippen molar-refractivity contribution in [3.8, 4) is 0 Å². The molecule has 0 bridgehead atoms. The number of benzene rings is 1. The molecule has 1 saturated heterocycles. The second-order valence-corrected chi connectivity index (χ2v) is 6.46. The second-order valence-electron chi connectivity index (χ2n) is 4.80. The highest BCUT2D eigenvalue weighted by atomic mass is 32.2. The zero-order valence-corrected chi connectivity index (χ0v) is 12.2. The van der Waals surface area contributed by atoms with Gasteiger partial charge in [-0.05, 0) is 18.9 Å². The van der Waals surface area contributed by atoms with E-state index in [1.165, 1.54) is 12.1 Å². The average Bonchev–Trinajstić information content (AvgIpc) is 2.84. The minimum atomic E-state index is -1.38. The van der Waals surface area contributed by atoms with Crippen LogP contribution in [0.1, 0.15) is 29.3 Å². The van der Waals surface area contributed by atoms with Crippen molar-refractivity contribution < 1.29 is 23.8 Å². The lowest BCUT2D eigenvalue weighted by atomic mass is 10.1. The number of aromatic carboxylic acids is 1. The first-order chi connectivity index (χ1) is 9.91. The molecule has 1 aromatic rings. The molecule has 0 aliphatic carbocycles. The third-order valence-electron chi connectivity index (χ3n) is 3.48. The maximum Gasteiger partial charge on any atom is 0.343 e. The molecule has 0 amide bonds. The smallest absolute Gasteiger partial charge is 0.343 e. The maximum atomic E-state index is 12.3. The Kier molecular flexibility index (Phi) is 4.69. The molecule has 7 nitrogen and oxygen atoms in total. The molecule has 21 heavy (non-hydrogen) atoms. The van der Waals surface area contributed by atoms with E-state index in [0.717, 1.165) is 6.07 Å². The summed E-state index contributed by atoms with van der Waals surface area (Å²) in [5, 5.41) is 19.9. The quantitative estimate of drug-likeness (QED) is 0.655. The molecular formula is C13H15NO6S. The minimum absolute atomic E-state index is 0.0261. The molecule has 1 fully saturated rings. The van der Waals surface area contributed by atoms with Gasteiger partial charge in [-0.1, -0.05) is 12.1 Å². The zero-order chi connectivity index (χ0) is 15.6. The molecule has 1 N–H and O–H groups in total. The Hall–Kier alpha value is -1.80. The molecule has 3 unspecified atom stereocenters. The van der Waals surface area contributed by atoms with Gasteiger partial charge in [0.1, 0.15) is 5.56 Å². The first kappa shape index (κ1) is 15.6. The Morgan fingerprint density at radius 3 is 2.81 bits per heavy atom. The van der Waals surface area contributed by atoms with Crippen LogP contribution in [0.2, 0.25) is 0 Å². The summed E-state index contributed by atoms with van der Waals surface area (Å²) in [5.41, 5.74) is -0.649. The standard InChI is InChI=1S/C13H15NO6S/c1-8-11(5-6-20-8)21(19)7-9-3-2-4-10(14(17)18)12(9)13(15)16/h2-4,8,11H,5-7H2,1H3,(H,15,16). The second kappa shape index (κ2) is 6.31. The summed E-state index contributed by atoms with van der Waals surface area (Å²) in [6.45, 7) is 2.35. The number of nitrogens with zero attached hydrogens (tertiary/aromatic N) is 1. The van der Waals surface area contributed by atoms with Crippen LogP contribution in [0, 0.1) is 10.1 Å². The topological polar surface area (TPSA) is 107 Å². The van der Waals surface area contributed by atoms with Crippen molar-refractivity contribution >= 4 is 22.5 Å². The van der Waals surface area contributed by atoms with E-state index in [0.29, 0.717) is 13.0 Å². The Balaban J connectivity index is 2.31. The van der Waals surface area contributed by atoms with E-state index in [4.69, 9.17) is 4.74 Å². The van der Waals surface area contributed by atoms with Crippen LogP contribution in [0.25, 0.3) is 0 Å². The van der Waals surface area contributed by atoms with Crippen molar-refractivity contribution in [2.45, 2.75) is 30.5 Å². The van der Waals surface area contributed by atoms with Gasteiger partial charge in [0, 0.05) is 23.5 Å². The van der Waals surface area contributed by atoms with E-state index < -0.39 is 27.4 Å². The summed E-state index contributed by atoms with van der Waals surface area (Å²) in [7, 11) is -1.34. The number of carboxylic acid groups (broad SMARTS) is 1. The molecule has 114 valence electrons. The molecule has 1 aromatic carbocycles. The summed E-state index contributed by atoms with van der Waals surface area (Å²) in [6.07, 6.45) is 0.489. The van der Waals surface area contributed by atoms with Crippen molar-refractivity contribution in [3.63, 3.8) is 0 Å². The predicted octanol–water partition coefficient (Wildman–Crippen LogP) is 1.72. The number of nitro groups is 1. The fourth-order valence-electron chi connectivity index (χ4n) is 2.42. The van der Waals surface area contributed by atoms with Gasteiger partial charge >= 0.3 is 5.97 Å². The first-order valence-electron chi connectivity index (χ1n) is 6.40. The van der Waals surface area contributed by atoms with Gasteiger partial charge in [0.2, 0.25) is 0 Å². The van der Waals surface area contributed by atoms with Gasteiger partial charge in [-0.25, -0.2) is 4.79 Å². The summed E-state index contributed by atoms with van der Waals surface area (Å²) < 4.78 is 17.7. The van der Waals surface area contributed by atoms with Gasteiger partial charge < -0.3 is 9.84 Å². The molecule has 1 aliphatic heterocycles. The van der Waals surface area contributed by atoms with E-state index >= 15 is 0 Å². The summed E-state index contributed by atoms with van der Waals surface area (Å²) in [6, 6.07) is 4.01. The number of hydrogen-bond acceptors (Lipinski definition) is 5. The van der Waals surface area contributed by atoms with Gasteiger partial charge in [0.15, 0.2) is 0 Å². The fourth-order valence-corrected chi connectivity index (χ4v) is 4.05. The van der Waals surface area contributed by atoms with Gasteiger partial charge in [-0.15, -0.1) is 0 Å². The molecule has 1 heterocycles. The van der Waals surface area contributed by atoms with Crippen molar-refractivity contribution in [3.05, 3.63) is 39.4 Å². The summed E-state index contributed by atoms with van der Waals surface area (Å²) in [4.78, 5) is 21.5. The van der Waals surface area contributed by atoms with E-state index in [1.54, 1.807) is 0 Å². The molecule has 0 radical (unpaired) electrons. The number of hydrogen-bond donors (Lipinski definition) is 1. The predicted molar refractivity (Wildman–Crippen MR) is 75.7 cm³/mol. The number of carboxylic acids is 1. The van der Waals surface area contributed by atoms with Crippen LogP contribution in [0.5, 0.6) is 0 Å². The van der Waals surface area contributed by atoms with Gasteiger partial charge in [0.25, 0.3) is 5.69 Å².